The number of anilines is 6. The van der Waals surface area contributed by atoms with Gasteiger partial charge in [0, 0.05) is 100 Å². The first-order chi connectivity index (χ1) is 45.9. The maximum Gasteiger partial charge on any atom is 0.347 e. The number of ether oxygens (including phenoxy) is 8. The highest BCUT2D eigenvalue weighted by Crippen LogP contribution is 2.40. The van der Waals surface area contributed by atoms with Crippen LogP contribution in [-0.4, -0.2) is 122 Å². The Morgan fingerprint density at radius 3 is 1.48 bits per heavy atom. The van der Waals surface area contributed by atoms with Crippen molar-refractivity contribution in [1.82, 2.24) is 49.5 Å². The molecule has 3 N–H and O–H groups in total. The molecule has 0 spiro atoms. The molecule has 6 aromatic heterocycles. The number of rotatable bonds is 24. The van der Waals surface area contributed by atoms with Crippen LogP contribution in [0.1, 0.15) is 52.9 Å². The Bertz CT molecular complexity index is 4480. The number of carbonyl (C=O) groups excluding carboxylic acids is 2. The third kappa shape index (κ3) is 15.7. The molecule has 95 heavy (non-hydrogen) atoms. The van der Waals surface area contributed by atoms with Crippen LogP contribution in [0.3, 0.4) is 0 Å². The first-order valence-electron chi connectivity index (χ1n) is 30.2. The van der Waals surface area contributed by atoms with Crippen molar-refractivity contribution in [3.63, 3.8) is 0 Å². The van der Waals surface area contributed by atoms with Gasteiger partial charge in [-0.2, -0.15) is 30.2 Å². The number of hydrazine groups is 1. The molecule has 4 amide bonds. The number of nitrogens with zero attached hydrogens (tertiary/aromatic N) is 12. The van der Waals surface area contributed by atoms with E-state index in [4.69, 9.17) is 64.7 Å². The fraction of sp³-hybridized carbons (Fsp3) is 0.246. The SMILES string of the molecule is COCCOCCOCCOc1cccc(Nc2nccc(Oc3ccc(NC(=O)N(c4cc(C(C)(C)C)nn4-c4ccc(OC)nc4)N(C(=O)Nc4ccc(Oc5ccnc(Cl)n5)c5ccccc45)c4cc(C(C)(C)C)nn4-c4ccc(OC)nc4)c4ccccc34)n2)c1. The van der Waals surface area contributed by atoms with Gasteiger partial charge in [-0.15, -0.1) is 0 Å². The number of fused-ring (bicyclic) bond motifs is 2. The van der Waals surface area contributed by atoms with Crippen molar-refractivity contribution in [3.8, 4) is 52.1 Å². The largest absolute Gasteiger partial charge is 0.491 e. The molecular formula is C69H70ClN15O10. The molecule has 26 heteroatoms. The average molecular weight is 1300 g/mol. The molecule has 0 saturated carbocycles. The molecule has 0 radical (unpaired) electrons. The van der Waals surface area contributed by atoms with Gasteiger partial charge in [0.15, 0.2) is 11.6 Å². The number of halogens is 1. The highest BCUT2D eigenvalue weighted by Gasteiger charge is 2.39. The van der Waals surface area contributed by atoms with Gasteiger partial charge in [0.2, 0.25) is 34.8 Å². The first-order valence-corrected chi connectivity index (χ1v) is 30.6. The lowest BCUT2D eigenvalue weighted by atomic mass is 9.92. The topological polar surface area (TPSA) is 264 Å². The van der Waals surface area contributed by atoms with Crippen LogP contribution >= 0.6 is 11.6 Å². The Hall–Kier alpha value is -11.0. The lowest BCUT2D eigenvalue weighted by molar-refractivity contribution is 0.0180. The Kier molecular flexibility index (Phi) is 20.2. The molecule has 488 valence electrons. The fourth-order valence-corrected chi connectivity index (χ4v) is 9.94. The quantitative estimate of drug-likeness (QED) is 0.0288. The normalized spacial score (nSPS) is 11.5. The summed E-state index contributed by atoms with van der Waals surface area (Å²) in [4.78, 5) is 59.5. The summed E-state index contributed by atoms with van der Waals surface area (Å²) in [6.45, 7) is 14.6. The second-order valence-electron chi connectivity index (χ2n) is 23.3. The molecule has 0 aliphatic heterocycles. The number of hydrogen-bond acceptors (Lipinski definition) is 19. The minimum absolute atomic E-state index is 0.00473. The monoisotopic (exact) mass is 1300 g/mol. The van der Waals surface area contributed by atoms with E-state index in [0.29, 0.717) is 130 Å². The molecule has 0 aliphatic rings. The van der Waals surface area contributed by atoms with Gasteiger partial charge in [0.25, 0.3) is 0 Å². The smallest absolute Gasteiger partial charge is 0.347 e. The Morgan fingerprint density at radius 2 is 1.00 bits per heavy atom. The first kappa shape index (κ1) is 65.5. The van der Waals surface area contributed by atoms with Crippen molar-refractivity contribution in [3.05, 3.63) is 187 Å². The van der Waals surface area contributed by atoms with Crippen LogP contribution < -0.4 is 49.7 Å². The number of methoxy groups -OCH3 is 3. The molecule has 0 bridgehead atoms. The summed E-state index contributed by atoms with van der Waals surface area (Å²) < 4.78 is 49.0. The van der Waals surface area contributed by atoms with E-state index in [0.717, 1.165) is 0 Å². The van der Waals surface area contributed by atoms with Crippen molar-refractivity contribution in [2.45, 2.75) is 52.4 Å². The van der Waals surface area contributed by atoms with Crippen LogP contribution in [0.4, 0.5) is 44.2 Å². The maximum absolute atomic E-state index is 16.5. The lowest BCUT2D eigenvalue weighted by Crippen LogP contribution is -2.55. The van der Waals surface area contributed by atoms with E-state index in [1.807, 2.05) is 114 Å². The summed E-state index contributed by atoms with van der Waals surface area (Å²) in [6.07, 6.45) is 6.21. The summed E-state index contributed by atoms with van der Waals surface area (Å²) in [5.41, 5.74) is 2.11. The molecule has 0 fully saturated rings. The van der Waals surface area contributed by atoms with Gasteiger partial charge in [-0.3, -0.25) is 0 Å². The van der Waals surface area contributed by atoms with Crippen molar-refractivity contribution in [2.75, 3.05) is 86.9 Å². The summed E-state index contributed by atoms with van der Waals surface area (Å²) in [5, 5.41) is 24.8. The van der Waals surface area contributed by atoms with Crippen molar-refractivity contribution in [2.24, 2.45) is 0 Å². The van der Waals surface area contributed by atoms with E-state index in [1.165, 1.54) is 30.4 Å². The second kappa shape index (κ2) is 29.3. The Labute approximate surface area is 552 Å². The predicted molar refractivity (Wildman–Crippen MR) is 362 cm³/mol. The fourth-order valence-electron chi connectivity index (χ4n) is 9.80. The zero-order valence-corrected chi connectivity index (χ0v) is 54.5. The molecule has 0 atom stereocenters. The molecule has 0 saturated heterocycles. The standard InChI is InChI=1S/C69H70ClN15O10/c1-68(2,3)56-40-62(82(80-56)45-21-27-58(89-8)73-42-45)84(66(86)76-52-23-25-54(50-19-12-10-17-48(50)52)94-60-29-31-71-64(70)78-60)85(63-41-57(69(4,5)6)81-83(63)46-22-28-59(90-9)74-43-46)67(87)77-53-24-26-55(51-20-13-11-18-49(51)53)95-61-30-32-72-65(79-61)75-44-15-14-16-47(39-44)93-38-37-92-36-35-91-34-33-88-7/h10-32,39-43H,33-38H2,1-9H3,(H,76,86)(H,77,87)(H,72,75,79). The third-order valence-corrected chi connectivity index (χ3v) is 14.8. The van der Waals surface area contributed by atoms with E-state index in [2.05, 4.69) is 40.9 Å². The molecular weight excluding hydrogens is 1230 g/mol. The molecule has 11 aromatic rings. The van der Waals surface area contributed by atoms with Crippen molar-refractivity contribution < 1.29 is 47.5 Å². The molecule has 5 aromatic carbocycles. The van der Waals surface area contributed by atoms with E-state index >= 15 is 9.59 Å². The van der Waals surface area contributed by atoms with Gasteiger partial charge in [-0.25, -0.2) is 38.9 Å². The Balaban J connectivity index is 0.992. The summed E-state index contributed by atoms with van der Waals surface area (Å²) in [5.74, 6) is 3.05. The lowest BCUT2D eigenvalue weighted by Gasteiger charge is -2.34. The average Bonchev–Trinajstić information content (AvgIpc) is 1.68. The number of carbonyl (C=O) groups is 2. The number of pyridine rings is 2. The van der Waals surface area contributed by atoms with E-state index in [9.17, 15) is 0 Å². The van der Waals surface area contributed by atoms with Gasteiger partial charge in [0.1, 0.15) is 23.9 Å². The van der Waals surface area contributed by atoms with Gasteiger partial charge in [-0.1, -0.05) is 96.1 Å². The van der Waals surface area contributed by atoms with Gasteiger partial charge in [0.05, 0.1) is 93.8 Å². The van der Waals surface area contributed by atoms with E-state index in [1.54, 1.807) is 108 Å². The highest BCUT2D eigenvalue weighted by atomic mass is 35.5. The van der Waals surface area contributed by atoms with E-state index in [-0.39, 0.29) is 34.6 Å². The predicted octanol–water partition coefficient (Wildman–Crippen LogP) is 14.1. The minimum Gasteiger partial charge on any atom is -0.491 e. The van der Waals surface area contributed by atoms with Crippen molar-refractivity contribution in [1.29, 1.82) is 0 Å². The summed E-state index contributed by atoms with van der Waals surface area (Å²) in [6, 6.07) is 41.0. The molecule has 0 aliphatic carbocycles. The Morgan fingerprint density at radius 1 is 0.505 bits per heavy atom. The van der Waals surface area contributed by atoms with Gasteiger partial charge >= 0.3 is 12.1 Å². The molecule has 25 nitrogen and oxygen atoms in total. The van der Waals surface area contributed by atoms with Gasteiger partial charge in [-0.05, 0) is 60.1 Å². The maximum atomic E-state index is 16.5. The van der Waals surface area contributed by atoms with Gasteiger partial charge < -0.3 is 53.8 Å². The zero-order valence-electron chi connectivity index (χ0n) is 53.7. The van der Waals surface area contributed by atoms with E-state index < -0.39 is 22.9 Å². The number of benzene rings is 5. The molecule has 11 rings (SSSR count). The molecule has 0 unspecified atom stereocenters. The van der Waals surface area contributed by atoms with Crippen LogP contribution in [0.2, 0.25) is 5.28 Å². The zero-order chi connectivity index (χ0) is 66.6. The van der Waals surface area contributed by atoms with Crippen LogP contribution in [-0.2, 0) is 25.0 Å². The van der Waals surface area contributed by atoms with Crippen LogP contribution in [0.15, 0.2) is 170 Å². The summed E-state index contributed by atoms with van der Waals surface area (Å²) in [7, 11) is 4.66. The van der Waals surface area contributed by atoms with Crippen LogP contribution in [0.25, 0.3) is 32.9 Å². The number of urea groups is 2. The minimum atomic E-state index is -0.814. The number of amides is 4. The number of hydrogen-bond donors (Lipinski definition) is 3. The number of nitrogens with one attached hydrogen (secondary N) is 3. The summed E-state index contributed by atoms with van der Waals surface area (Å²) >= 11 is 6.18. The number of aromatic nitrogens is 10. The third-order valence-electron chi connectivity index (χ3n) is 14.6. The van der Waals surface area contributed by atoms with Crippen LogP contribution in [0.5, 0.6) is 40.8 Å². The molecule has 6 heterocycles. The van der Waals surface area contributed by atoms with Crippen LogP contribution in [0, 0.1) is 0 Å². The second-order valence-corrected chi connectivity index (χ2v) is 23.7. The van der Waals surface area contributed by atoms with Crippen molar-refractivity contribution >= 4 is 79.9 Å². The highest BCUT2D eigenvalue weighted by molar-refractivity contribution is 6.28.